The molecule has 0 aliphatic heterocycles. The van der Waals surface area contributed by atoms with E-state index < -0.39 is 0 Å². The molecule has 0 radical (unpaired) electrons. The highest BCUT2D eigenvalue weighted by Gasteiger charge is 2.17. The van der Waals surface area contributed by atoms with Gasteiger partial charge in [0.1, 0.15) is 5.84 Å². The average Bonchev–Trinajstić information content (AvgIpc) is 2.37. The van der Waals surface area contributed by atoms with Crippen LogP contribution >= 0.6 is 27.5 Å². The molecule has 18 heavy (non-hydrogen) atoms. The van der Waals surface area contributed by atoms with E-state index >= 15 is 0 Å². The zero-order valence-electron chi connectivity index (χ0n) is 10.5. The van der Waals surface area contributed by atoms with Gasteiger partial charge in [-0.25, -0.2) is 4.99 Å². The number of hydrogen-bond acceptors (Lipinski definition) is 1. The summed E-state index contributed by atoms with van der Waals surface area (Å²) in [6.45, 7) is 1.98. The molecule has 0 bridgehead atoms. The van der Waals surface area contributed by atoms with Gasteiger partial charge in [0.15, 0.2) is 0 Å². The lowest BCUT2D eigenvalue weighted by Crippen LogP contribution is -2.25. The van der Waals surface area contributed by atoms with Crippen molar-refractivity contribution in [2.45, 2.75) is 39.0 Å². The fraction of sp³-hybridized carbons (Fsp3) is 0.500. The summed E-state index contributed by atoms with van der Waals surface area (Å²) in [7, 11) is 0. The van der Waals surface area contributed by atoms with E-state index in [0.717, 1.165) is 39.4 Å². The molecule has 1 saturated carbocycles. The van der Waals surface area contributed by atoms with Crippen LogP contribution in [0.15, 0.2) is 21.6 Å². The summed E-state index contributed by atoms with van der Waals surface area (Å²) in [5, 5.41) is 0.730. The summed E-state index contributed by atoms with van der Waals surface area (Å²) >= 11 is 9.64. The van der Waals surface area contributed by atoms with E-state index in [-0.39, 0.29) is 0 Å². The van der Waals surface area contributed by atoms with Crippen LogP contribution in [0.3, 0.4) is 0 Å². The average molecular weight is 330 g/mol. The molecule has 0 spiro atoms. The highest BCUT2D eigenvalue weighted by atomic mass is 79.9. The fourth-order valence-electron chi connectivity index (χ4n) is 2.35. The fourth-order valence-corrected chi connectivity index (χ4v) is 3.05. The number of benzene rings is 1. The van der Waals surface area contributed by atoms with E-state index in [1.54, 1.807) is 0 Å². The third-order valence-corrected chi connectivity index (χ3v) is 4.54. The lowest BCUT2D eigenvalue weighted by atomic mass is 9.88. The van der Waals surface area contributed by atoms with E-state index in [9.17, 15) is 0 Å². The van der Waals surface area contributed by atoms with E-state index in [0.29, 0.717) is 5.92 Å². The number of hydrogen-bond donors (Lipinski definition) is 1. The van der Waals surface area contributed by atoms with Gasteiger partial charge in [-0.3, -0.25) is 0 Å². The molecule has 1 aromatic rings. The lowest BCUT2D eigenvalue weighted by molar-refractivity contribution is 0.437. The topological polar surface area (TPSA) is 38.4 Å². The van der Waals surface area contributed by atoms with Gasteiger partial charge in [0.05, 0.1) is 5.69 Å². The summed E-state index contributed by atoms with van der Waals surface area (Å²) in [4.78, 5) is 4.55. The van der Waals surface area contributed by atoms with Gasteiger partial charge in [0, 0.05) is 15.4 Å². The number of aryl methyl sites for hydroxylation is 1. The number of nitrogens with zero attached hydrogens (tertiary/aromatic N) is 1. The van der Waals surface area contributed by atoms with E-state index in [2.05, 4.69) is 20.9 Å². The number of amidine groups is 1. The van der Waals surface area contributed by atoms with Crippen molar-refractivity contribution in [2.75, 3.05) is 0 Å². The van der Waals surface area contributed by atoms with Crippen molar-refractivity contribution in [3.63, 3.8) is 0 Å². The summed E-state index contributed by atoms with van der Waals surface area (Å²) in [6.07, 6.45) is 6.16. The molecular formula is C14H18BrClN2. The van der Waals surface area contributed by atoms with E-state index in [1.165, 1.54) is 19.3 Å². The molecule has 0 unspecified atom stereocenters. The molecule has 1 aromatic carbocycles. The van der Waals surface area contributed by atoms with Gasteiger partial charge in [0.2, 0.25) is 0 Å². The molecule has 2 N–H and O–H groups in total. The van der Waals surface area contributed by atoms with E-state index in [1.807, 2.05) is 19.1 Å². The van der Waals surface area contributed by atoms with Gasteiger partial charge < -0.3 is 5.73 Å². The Labute approximate surface area is 122 Å². The van der Waals surface area contributed by atoms with Crippen LogP contribution < -0.4 is 5.73 Å². The smallest absolute Gasteiger partial charge is 0.103 e. The predicted molar refractivity (Wildman–Crippen MR) is 81.7 cm³/mol. The van der Waals surface area contributed by atoms with Gasteiger partial charge in [-0.15, -0.1) is 0 Å². The molecule has 0 saturated heterocycles. The molecule has 1 aliphatic carbocycles. The Hall–Kier alpha value is -0.540. The van der Waals surface area contributed by atoms with Crippen LogP contribution in [0.1, 0.15) is 37.7 Å². The van der Waals surface area contributed by atoms with Crippen LogP contribution in [0.25, 0.3) is 0 Å². The monoisotopic (exact) mass is 328 g/mol. The minimum absolute atomic E-state index is 0.436. The first kappa shape index (κ1) is 13.9. The van der Waals surface area contributed by atoms with Crippen molar-refractivity contribution >= 4 is 39.1 Å². The first-order valence-electron chi connectivity index (χ1n) is 6.37. The second-order valence-electron chi connectivity index (χ2n) is 4.92. The first-order valence-corrected chi connectivity index (χ1v) is 7.54. The quantitative estimate of drug-likeness (QED) is 0.603. The molecule has 2 nitrogen and oxygen atoms in total. The molecule has 1 aliphatic rings. The molecular weight excluding hydrogens is 312 g/mol. The second kappa shape index (κ2) is 6.07. The molecule has 0 atom stereocenters. The number of halogens is 2. The largest absolute Gasteiger partial charge is 0.387 e. The summed E-state index contributed by atoms with van der Waals surface area (Å²) < 4.78 is 0.947. The maximum Gasteiger partial charge on any atom is 0.103 e. The van der Waals surface area contributed by atoms with Crippen molar-refractivity contribution in [3.05, 3.63) is 27.2 Å². The number of rotatable bonds is 2. The van der Waals surface area contributed by atoms with Crippen LogP contribution in [0.2, 0.25) is 5.02 Å². The second-order valence-corrected chi connectivity index (χ2v) is 6.19. The van der Waals surface area contributed by atoms with Crippen LogP contribution in [-0.4, -0.2) is 5.84 Å². The van der Waals surface area contributed by atoms with Gasteiger partial charge in [-0.1, -0.05) is 30.9 Å². The van der Waals surface area contributed by atoms with Gasteiger partial charge in [0.25, 0.3) is 0 Å². The maximum absolute atomic E-state index is 6.12. The molecule has 4 heteroatoms. The van der Waals surface area contributed by atoms with Gasteiger partial charge in [-0.2, -0.15) is 0 Å². The highest BCUT2D eigenvalue weighted by molar-refractivity contribution is 9.10. The van der Waals surface area contributed by atoms with Crippen molar-refractivity contribution in [1.29, 1.82) is 0 Å². The molecule has 0 heterocycles. The minimum Gasteiger partial charge on any atom is -0.387 e. The Kier molecular flexibility index (Phi) is 4.68. The molecule has 0 aromatic heterocycles. The van der Waals surface area contributed by atoms with Crippen molar-refractivity contribution in [3.8, 4) is 0 Å². The summed E-state index contributed by atoms with van der Waals surface area (Å²) in [5.41, 5.74) is 7.99. The Bertz CT molecular complexity index is 465. The Morgan fingerprint density at radius 3 is 2.67 bits per heavy atom. The van der Waals surface area contributed by atoms with Crippen LogP contribution in [0.4, 0.5) is 5.69 Å². The van der Waals surface area contributed by atoms with Crippen LogP contribution in [0.5, 0.6) is 0 Å². The molecule has 98 valence electrons. The zero-order valence-corrected chi connectivity index (χ0v) is 12.9. The van der Waals surface area contributed by atoms with Crippen LogP contribution in [0, 0.1) is 12.8 Å². The van der Waals surface area contributed by atoms with Crippen molar-refractivity contribution in [1.82, 2.24) is 0 Å². The lowest BCUT2D eigenvalue weighted by Gasteiger charge is -2.21. The third kappa shape index (κ3) is 3.27. The summed E-state index contributed by atoms with van der Waals surface area (Å²) in [5.74, 6) is 1.18. The Morgan fingerprint density at radius 1 is 1.33 bits per heavy atom. The number of nitrogens with two attached hydrogens (primary N) is 1. The Morgan fingerprint density at radius 2 is 2.00 bits per heavy atom. The van der Waals surface area contributed by atoms with Gasteiger partial charge in [-0.05, 0) is 53.4 Å². The predicted octanol–water partition coefficient (Wildman–Crippen LogP) is 4.98. The third-order valence-electron chi connectivity index (χ3n) is 3.50. The summed E-state index contributed by atoms with van der Waals surface area (Å²) in [6, 6.07) is 3.85. The first-order chi connectivity index (χ1) is 8.58. The van der Waals surface area contributed by atoms with Crippen molar-refractivity contribution < 1.29 is 0 Å². The van der Waals surface area contributed by atoms with Gasteiger partial charge >= 0.3 is 0 Å². The molecule has 2 rings (SSSR count). The van der Waals surface area contributed by atoms with E-state index in [4.69, 9.17) is 17.3 Å². The minimum atomic E-state index is 0.436. The maximum atomic E-state index is 6.12. The SMILES string of the molecule is Cc1cc(Br)c(N=C(N)C2CCCCC2)cc1Cl. The molecule has 0 amide bonds. The highest BCUT2D eigenvalue weighted by Crippen LogP contribution is 2.32. The normalized spacial score (nSPS) is 18.1. The Balaban J connectivity index is 2.23. The van der Waals surface area contributed by atoms with Crippen LogP contribution in [-0.2, 0) is 0 Å². The zero-order chi connectivity index (χ0) is 13.1. The number of aliphatic imine (C=N–C) groups is 1. The standard InChI is InChI=1S/C14H18BrClN2/c1-9-7-11(15)13(8-12(9)16)18-14(17)10-5-3-2-4-6-10/h7-8,10H,2-6H2,1H3,(H2,17,18). The van der Waals surface area contributed by atoms with Crippen molar-refractivity contribution in [2.24, 2.45) is 16.6 Å². The molecule has 1 fully saturated rings.